The van der Waals surface area contributed by atoms with Crippen LogP contribution in [0.1, 0.15) is 18.9 Å². The van der Waals surface area contributed by atoms with Crippen molar-refractivity contribution in [3.05, 3.63) is 23.8 Å². The lowest BCUT2D eigenvalue weighted by atomic mass is 10.1. The van der Waals surface area contributed by atoms with E-state index >= 15 is 0 Å². The van der Waals surface area contributed by atoms with Crippen LogP contribution in [-0.4, -0.2) is 25.0 Å². The van der Waals surface area contributed by atoms with Gasteiger partial charge in [0.15, 0.2) is 0 Å². The highest BCUT2D eigenvalue weighted by Gasteiger charge is 2.35. The highest BCUT2D eigenvalue weighted by Crippen LogP contribution is 2.34. The van der Waals surface area contributed by atoms with Gasteiger partial charge in [0.05, 0.1) is 18.2 Å². The van der Waals surface area contributed by atoms with Gasteiger partial charge in [0, 0.05) is 13.0 Å². The van der Waals surface area contributed by atoms with Crippen LogP contribution >= 0.6 is 0 Å². The van der Waals surface area contributed by atoms with Crippen LogP contribution in [0.15, 0.2) is 18.2 Å². The first-order chi connectivity index (χ1) is 9.02. The molecule has 0 saturated carbocycles. The lowest BCUT2D eigenvalue weighted by Gasteiger charge is -2.20. The summed E-state index contributed by atoms with van der Waals surface area (Å²) in [6, 6.07) is 5.67. The third-order valence-corrected chi connectivity index (χ3v) is 3.23. The van der Waals surface area contributed by atoms with E-state index in [0.717, 1.165) is 11.3 Å². The van der Waals surface area contributed by atoms with Crippen LogP contribution in [0, 0.1) is 12.8 Å². The molecule has 5 nitrogen and oxygen atoms in total. The number of carbonyl (C=O) groups is 2. The number of amides is 2. The van der Waals surface area contributed by atoms with Gasteiger partial charge in [-0.15, -0.1) is 0 Å². The van der Waals surface area contributed by atoms with Gasteiger partial charge in [0.25, 0.3) is 0 Å². The monoisotopic (exact) mass is 262 g/mol. The zero-order valence-corrected chi connectivity index (χ0v) is 11.2. The Balaban J connectivity index is 2.33. The summed E-state index contributed by atoms with van der Waals surface area (Å²) in [7, 11) is 0. The molecule has 0 aromatic heterocycles. The topological polar surface area (TPSA) is 72.6 Å². The smallest absolute Gasteiger partial charge is 0.227 e. The van der Waals surface area contributed by atoms with E-state index in [-0.39, 0.29) is 12.3 Å². The molecule has 1 aliphatic heterocycles. The van der Waals surface area contributed by atoms with E-state index in [2.05, 4.69) is 0 Å². The second-order valence-corrected chi connectivity index (χ2v) is 4.71. The molecule has 1 unspecified atom stereocenters. The van der Waals surface area contributed by atoms with Crippen LogP contribution in [0.4, 0.5) is 5.69 Å². The molecule has 0 aliphatic carbocycles. The Labute approximate surface area is 112 Å². The van der Waals surface area contributed by atoms with Crippen LogP contribution in [0.25, 0.3) is 0 Å². The van der Waals surface area contributed by atoms with Crippen molar-refractivity contribution in [2.45, 2.75) is 20.3 Å². The quantitative estimate of drug-likeness (QED) is 0.887. The van der Waals surface area contributed by atoms with Crippen molar-refractivity contribution in [1.82, 2.24) is 0 Å². The van der Waals surface area contributed by atoms with Gasteiger partial charge in [-0.05, 0) is 31.5 Å². The average Bonchev–Trinajstić information content (AvgIpc) is 2.74. The van der Waals surface area contributed by atoms with Crippen LogP contribution < -0.4 is 15.4 Å². The van der Waals surface area contributed by atoms with Gasteiger partial charge in [-0.2, -0.15) is 0 Å². The minimum atomic E-state index is -0.429. The normalized spacial score (nSPS) is 18.7. The lowest BCUT2D eigenvalue weighted by molar-refractivity contribution is -0.123. The standard InChI is InChI=1S/C14H18N2O3/c1-3-19-12-5-4-9(2)6-11(12)16-8-10(14(15)18)7-13(16)17/h4-6,10H,3,7-8H2,1-2H3,(H2,15,18). The minimum Gasteiger partial charge on any atom is -0.492 e. The van der Waals surface area contributed by atoms with Gasteiger partial charge in [-0.3, -0.25) is 9.59 Å². The Morgan fingerprint density at radius 2 is 2.26 bits per heavy atom. The van der Waals surface area contributed by atoms with E-state index in [1.54, 1.807) is 4.90 Å². The summed E-state index contributed by atoms with van der Waals surface area (Å²) < 4.78 is 5.54. The summed E-state index contributed by atoms with van der Waals surface area (Å²) in [5.41, 5.74) is 7.03. The van der Waals surface area contributed by atoms with Crippen molar-refractivity contribution in [3.8, 4) is 5.75 Å². The summed E-state index contributed by atoms with van der Waals surface area (Å²) >= 11 is 0. The SMILES string of the molecule is CCOc1ccc(C)cc1N1CC(C(N)=O)CC1=O. The van der Waals surface area contributed by atoms with Crippen molar-refractivity contribution in [2.24, 2.45) is 11.7 Å². The molecule has 0 spiro atoms. The molecule has 19 heavy (non-hydrogen) atoms. The highest BCUT2D eigenvalue weighted by atomic mass is 16.5. The molecule has 2 rings (SSSR count). The number of ether oxygens (including phenoxy) is 1. The zero-order valence-electron chi connectivity index (χ0n) is 11.2. The van der Waals surface area contributed by atoms with Crippen LogP contribution in [-0.2, 0) is 9.59 Å². The predicted octanol–water partition coefficient (Wildman–Crippen LogP) is 1.23. The molecule has 1 fully saturated rings. The molecule has 102 valence electrons. The summed E-state index contributed by atoms with van der Waals surface area (Å²) in [5, 5.41) is 0. The fraction of sp³-hybridized carbons (Fsp3) is 0.429. The Hall–Kier alpha value is -2.04. The average molecular weight is 262 g/mol. The maximum atomic E-state index is 12.0. The van der Waals surface area contributed by atoms with E-state index in [4.69, 9.17) is 10.5 Å². The van der Waals surface area contributed by atoms with E-state index in [0.29, 0.717) is 18.9 Å². The number of anilines is 1. The molecule has 1 aromatic carbocycles. The van der Waals surface area contributed by atoms with Crippen molar-refractivity contribution >= 4 is 17.5 Å². The number of rotatable bonds is 4. The Kier molecular flexibility index (Phi) is 3.74. The largest absolute Gasteiger partial charge is 0.492 e. The molecule has 0 bridgehead atoms. The molecular formula is C14H18N2O3. The third-order valence-electron chi connectivity index (χ3n) is 3.23. The van der Waals surface area contributed by atoms with Gasteiger partial charge >= 0.3 is 0 Å². The molecule has 5 heteroatoms. The van der Waals surface area contributed by atoms with Crippen LogP contribution in [0.5, 0.6) is 5.75 Å². The zero-order chi connectivity index (χ0) is 14.0. The van der Waals surface area contributed by atoms with E-state index in [1.165, 1.54) is 0 Å². The Bertz CT molecular complexity index is 513. The minimum absolute atomic E-state index is 0.0876. The van der Waals surface area contributed by atoms with Crippen molar-refractivity contribution < 1.29 is 14.3 Å². The highest BCUT2D eigenvalue weighted by molar-refractivity contribution is 6.01. The molecule has 1 atom stereocenters. The lowest BCUT2D eigenvalue weighted by Crippen LogP contribution is -2.28. The predicted molar refractivity (Wildman–Crippen MR) is 72.0 cm³/mol. The van der Waals surface area contributed by atoms with Gasteiger partial charge in [-0.1, -0.05) is 6.07 Å². The van der Waals surface area contributed by atoms with Crippen LogP contribution in [0.3, 0.4) is 0 Å². The third kappa shape index (κ3) is 2.70. The fourth-order valence-electron chi connectivity index (χ4n) is 2.25. The summed E-state index contributed by atoms with van der Waals surface area (Å²) in [6.45, 7) is 4.70. The molecule has 1 aliphatic rings. The first-order valence-electron chi connectivity index (χ1n) is 6.36. The van der Waals surface area contributed by atoms with Crippen LogP contribution in [0.2, 0.25) is 0 Å². The van der Waals surface area contributed by atoms with E-state index in [1.807, 2.05) is 32.0 Å². The number of nitrogens with zero attached hydrogens (tertiary/aromatic N) is 1. The van der Waals surface area contributed by atoms with Crippen molar-refractivity contribution in [1.29, 1.82) is 0 Å². The second kappa shape index (κ2) is 5.30. The van der Waals surface area contributed by atoms with Gasteiger partial charge in [0.1, 0.15) is 5.75 Å². The van der Waals surface area contributed by atoms with Crippen molar-refractivity contribution in [3.63, 3.8) is 0 Å². The summed E-state index contributed by atoms with van der Waals surface area (Å²) in [6.07, 6.45) is 0.175. The Morgan fingerprint density at radius 3 is 2.84 bits per heavy atom. The number of aryl methyl sites for hydroxylation is 1. The number of primary amides is 1. The van der Waals surface area contributed by atoms with Crippen molar-refractivity contribution in [2.75, 3.05) is 18.1 Å². The summed E-state index contributed by atoms with van der Waals surface area (Å²) in [5.74, 6) is -0.272. The molecule has 2 N–H and O–H groups in total. The van der Waals surface area contributed by atoms with Gasteiger partial charge < -0.3 is 15.4 Å². The maximum Gasteiger partial charge on any atom is 0.227 e. The first kappa shape index (κ1) is 13.4. The number of hydrogen-bond acceptors (Lipinski definition) is 3. The first-order valence-corrected chi connectivity index (χ1v) is 6.36. The molecule has 0 radical (unpaired) electrons. The molecular weight excluding hydrogens is 244 g/mol. The van der Waals surface area contributed by atoms with E-state index in [9.17, 15) is 9.59 Å². The summed E-state index contributed by atoms with van der Waals surface area (Å²) in [4.78, 5) is 24.8. The second-order valence-electron chi connectivity index (χ2n) is 4.71. The fourth-order valence-corrected chi connectivity index (χ4v) is 2.25. The maximum absolute atomic E-state index is 12.0. The Morgan fingerprint density at radius 1 is 1.53 bits per heavy atom. The number of hydrogen-bond donors (Lipinski definition) is 1. The number of nitrogens with two attached hydrogens (primary N) is 1. The molecule has 1 heterocycles. The van der Waals surface area contributed by atoms with Gasteiger partial charge in [-0.25, -0.2) is 0 Å². The molecule has 2 amide bonds. The molecule has 1 aromatic rings. The number of benzene rings is 1. The van der Waals surface area contributed by atoms with Gasteiger partial charge in [0.2, 0.25) is 11.8 Å². The van der Waals surface area contributed by atoms with E-state index < -0.39 is 11.8 Å². The molecule has 1 saturated heterocycles. The number of carbonyl (C=O) groups excluding carboxylic acids is 2.